The third kappa shape index (κ3) is 3.41. The molecule has 7 heteroatoms. The van der Waals surface area contributed by atoms with E-state index in [1.54, 1.807) is 0 Å². The van der Waals surface area contributed by atoms with Gasteiger partial charge >= 0.3 is 0 Å². The molecule has 1 unspecified atom stereocenters. The van der Waals surface area contributed by atoms with Gasteiger partial charge in [-0.3, -0.25) is 0 Å². The zero-order chi connectivity index (χ0) is 14.9. The van der Waals surface area contributed by atoms with Crippen LogP contribution in [0.3, 0.4) is 0 Å². The maximum Gasteiger partial charge on any atom is 0.226 e. The molecule has 2 N–H and O–H groups in total. The third-order valence-electron chi connectivity index (χ3n) is 3.66. The maximum absolute atomic E-state index is 11.5. The van der Waals surface area contributed by atoms with Gasteiger partial charge in [-0.2, -0.15) is 4.98 Å². The van der Waals surface area contributed by atoms with E-state index < -0.39 is 9.84 Å². The molecule has 0 aliphatic carbocycles. The Morgan fingerprint density at radius 3 is 2.90 bits per heavy atom. The largest absolute Gasteiger partial charge is 0.399 e. The average Bonchev–Trinajstić information content (AvgIpc) is 3.03. The number of hydrogen-bond acceptors (Lipinski definition) is 6. The number of benzene rings is 1. The lowest BCUT2D eigenvalue weighted by Gasteiger charge is -2.00. The summed E-state index contributed by atoms with van der Waals surface area (Å²) >= 11 is 0. The highest BCUT2D eigenvalue weighted by Crippen LogP contribution is 2.26. The fourth-order valence-corrected chi connectivity index (χ4v) is 4.27. The van der Waals surface area contributed by atoms with E-state index in [1.165, 1.54) is 0 Å². The summed E-state index contributed by atoms with van der Waals surface area (Å²) in [7, 11) is -2.93. The Morgan fingerprint density at radius 1 is 1.33 bits per heavy atom. The molecule has 1 aliphatic heterocycles. The number of sulfone groups is 1. The van der Waals surface area contributed by atoms with E-state index in [0.717, 1.165) is 17.7 Å². The van der Waals surface area contributed by atoms with Gasteiger partial charge in [0, 0.05) is 18.0 Å². The molecule has 1 saturated heterocycles. The molecule has 3 rings (SSSR count). The van der Waals surface area contributed by atoms with Crippen LogP contribution >= 0.6 is 0 Å². The van der Waals surface area contributed by atoms with Gasteiger partial charge in [-0.1, -0.05) is 17.3 Å². The Morgan fingerprint density at radius 2 is 2.19 bits per heavy atom. The van der Waals surface area contributed by atoms with Crippen LogP contribution in [-0.4, -0.2) is 30.1 Å². The molecule has 2 heterocycles. The third-order valence-corrected chi connectivity index (χ3v) is 5.43. The second kappa shape index (κ2) is 5.48. The Bertz CT molecular complexity index is 739. The van der Waals surface area contributed by atoms with Crippen LogP contribution in [-0.2, 0) is 22.7 Å². The highest BCUT2D eigenvalue weighted by molar-refractivity contribution is 7.91. The second-order valence-corrected chi connectivity index (χ2v) is 7.62. The lowest BCUT2D eigenvalue weighted by Crippen LogP contribution is -2.05. The van der Waals surface area contributed by atoms with E-state index in [1.807, 2.05) is 24.3 Å². The molecule has 1 aromatic carbocycles. The van der Waals surface area contributed by atoms with E-state index >= 15 is 0 Å². The molecule has 0 radical (unpaired) electrons. The van der Waals surface area contributed by atoms with Gasteiger partial charge in [-0.15, -0.1) is 0 Å². The van der Waals surface area contributed by atoms with Gasteiger partial charge in [0.25, 0.3) is 0 Å². The van der Waals surface area contributed by atoms with Crippen molar-refractivity contribution in [3.8, 4) is 0 Å². The fourth-order valence-electron chi connectivity index (χ4n) is 2.53. The van der Waals surface area contributed by atoms with Gasteiger partial charge in [0.2, 0.25) is 5.89 Å². The number of nitrogen functional groups attached to an aromatic ring is 1. The minimum absolute atomic E-state index is 0.125. The molecule has 6 nitrogen and oxygen atoms in total. The molecule has 0 spiro atoms. The smallest absolute Gasteiger partial charge is 0.226 e. The lowest BCUT2D eigenvalue weighted by atomic mass is 10.1. The van der Waals surface area contributed by atoms with Crippen molar-refractivity contribution >= 4 is 15.5 Å². The molecule has 112 valence electrons. The van der Waals surface area contributed by atoms with Gasteiger partial charge in [0.1, 0.15) is 0 Å². The molecule has 0 saturated carbocycles. The van der Waals surface area contributed by atoms with Gasteiger partial charge in [-0.25, -0.2) is 8.42 Å². The number of nitrogens with two attached hydrogens (primary N) is 1. The highest BCUT2D eigenvalue weighted by atomic mass is 32.2. The number of aryl methyl sites for hydroxylation is 2. The van der Waals surface area contributed by atoms with Crippen molar-refractivity contribution < 1.29 is 12.9 Å². The number of rotatable bonds is 4. The standard InChI is InChI=1S/C14H17N3O3S/c15-12-3-1-2-10(8-12)4-5-13-16-14(17-20-13)11-6-7-21(18,19)9-11/h1-3,8,11H,4-7,9,15H2. The van der Waals surface area contributed by atoms with Crippen molar-refractivity contribution in [2.45, 2.75) is 25.2 Å². The summed E-state index contributed by atoms with van der Waals surface area (Å²) in [5.41, 5.74) is 7.57. The van der Waals surface area contributed by atoms with Gasteiger partial charge in [-0.05, 0) is 30.5 Å². The van der Waals surface area contributed by atoms with Gasteiger partial charge in [0.05, 0.1) is 11.5 Å². The van der Waals surface area contributed by atoms with E-state index in [9.17, 15) is 8.42 Å². The normalized spacial score (nSPS) is 20.7. The number of aromatic nitrogens is 2. The summed E-state index contributed by atoms with van der Waals surface area (Å²) in [5, 5.41) is 3.92. The van der Waals surface area contributed by atoms with Crippen molar-refractivity contribution in [1.82, 2.24) is 10.1 Å². The number of nitrogens with zero attached hydrogens (tertiary/aromatic N) is 2. The van der Waals surface area contributed by atoms with Crippen LogP contribution < -0.4 is 5.73 Å². The zero-order valence-electron chi connectivity index (χ0n) is 11.5. The monoisotopic (exact) mass is 307 g/mol. The number of hydrogen-bond donors (Lipinski definition) is 1. The highest BCUT2D eigenvalue weighted by Gasteiger charge is 2.32. The topological polar surface area (TPSA) is 99.1 Å². The molecule has 1 atom stereocenters. The fraction of sp³-hybridized carbons (Fsp3) is 0.429. The van der Waals surface area contributed by atoms with Crippen molar-refractivity contribution in [3.05, 3.63) is 41.5 Å². The summed E-state index contributed by atoms with van der Waals surface area (Å²) in [6.45, 7) is 0. The van der Waals surface area contributed by atoms with Crippen LogP contribution in [0.15, 0.2) is 28.8 Å². The minimum atomic E-state index is -2.93. The average molecular weight is 307 g/mol. The summed E-state index contributed by atoms with van der Waals surface area (Å²) in [6, 6.07) is 7.67. The molecular formula is C14H17N3O3S. The van der Waals surface area contributed by atoms with Crippen molar-refractivity contribution in [3.63, 3.8) is 0 Å². The summed E-state index contributed by atoms with van der Waals surface area (Å²) < 4.78 is 28.1. The van der Waals surface area contributed by atoms with E-state index in [0.29, 0.717) is 24.6 Å². The maximum atomic E-state index is 11.5. The Balaban J connectivity index is 1.63. The van der Waals surface area contributed by atoms with Crippen molar-refractivity contribution in [2.75, 3.05) is 17.2 Å². The summed E-state index contributed by atoms with van der Waals surface area (Å²) in [4.78, 5) is 4.32. The van der Waals surface area contributed by atoms with Crippen LogP contribution in [0.1, 0.15) is 29.6 Å². The van der Waals surface area contributed by atoms with Crippen molar-refractivity contribution in [2.24, 2.45) is 0 Å². The molecular weight excluding hydrogens is 290 g/mol. The predicted octanol–water partition coefficient (Wildman–Crippen LogP) is 1.34. The molecule has 2 aromatic rings. The lowest BCUT2D eigenvalue weighted by molar-refractivity contribution is 0.370. The Labute approximate surface area is 123 Å². The van der Waals surface area contributed by atoms with Crippen LogP contribution in [0.25, 0.3) is 0 Å². The van der Waals surface area contributed by atoms with Crippen LogP contribution in [0.4, 0.5) is 5.69 Å². The second-order valence-electron chi connectivity index (χ2n) is 5.39. The van der Waals surface area contributed by atoms with Crippen LogP contribution in [0, 0.1) is 0 Å². The van der Waals surface area contributed by atoms with E-state index in [-0.39, 0.29) is 17.4 Å². The quantitative estimate of drug-likeness (QED) is 0.856. The molecule has 1 aliphatic rings. The van der Waals surface area contributed by atoms with Crippen LogP contribution in [0.2, 0.25) is 0 Å². The van der Waals surface area contributed by atoms with E-state index in [4.69, 9.17) is 10.3 Å². The first-order chi connectivity index (χ1) is 10.0. The Hall–Kier alpha value is -1.89. The molecule has 21 heavy (non-hydrogen) atoms. The first-order valence-corrected chi connectivity index (χ1v) is 8.71. The first kappa shape index (κ1) is 14.1. The van der Waals surface area contributed by atoms with Gasteiger partial charge in [0.15, 0.2) is 15.7 Å². The van der Waals surface area contributed by atoms with Gasteiger partial charge < -0.3 is 10.3 Å². The number of anilines is 1. The molecule has 1 fully saturated rings. The SMILES string of the molecule is Nc1cccc(CCc2nc(C3CCS(=O)(=O)C3)no2)c1. The summed E-state index contributed by atoms with van der Waals surface area (Å²) in [5.74, 6) is 1.27. The molecule has 0 bridgehead atoms. The summed E-state index contributed by atoms with van der Waals surface area (Å²) in [6.07, 6.45) is 1.96. The van der Waals surface area contributed by atoms with Crippen molar-refractivity contribution in [1.29, 1.82) is 0 Å². The zero-order valence-corrected chi connectivity index (χ0v) is 12.3. The molecule has 1 aromatic heterocycles. The predicted molar refractivity (Wildman–Crippen MR) is 78.6 cm³/mol. The van der Waals surface area contributed by atoms with E-state index in [2.05, 4.69) is 10.1 Å². The minimum Gasteiger partial charge on any atom is -0.399 e. The molecule has 0 amide bonds. The first-order valence-electron chi connectivity index (χ1n) is 6.89. The Kier molecular flexibility index (Phi) is 3.67. The van der Waals surface area contributed by atoms with Crippen LogP contribution in [0.5, 0.6) is 0 Å².